The lowest BCUT2D eigenvalue weighted by atomic mass is 9.78. The standard InChI is InChI=1S/C36H28I2O7/c37-29-11-21(12-30(38)36(29)44-18-26-17-43-26)33-34-27-5-3-22(39-13-24-15-41-24)9-19(27)1-7-31(34)45-32-8-2-20-10-23(40-14-25-16-42-25)4-6-28(20)35(32)33/h1-12,24-26,33H,13-18H2. The van der Waals surface area contributed by atoms with Crippen LogP contribution in [0.5, 0.6) is 28.7 Å². The van der Waals surface area contributed by atoms with Gasteiger partial charge >= 0.3 is 0 Å². The number of hydrogen-bond donors (Lipinski definition) is 0. The molecular formula is C36H28I2O7. The maximum Gasteiger partial charge on any atom is 0.146 e. The van der Waals surface area contributed by atoms with Crippen LogP contribution in [0.4, 0.5) is 0 Å². The van der Waals surface area contributed by atoms with Gasteiger partial charge in [-0.15, -0.1) is 0 Å². The molecular weight excluding hydrogens is 798 g/mol. The van der Waals surface area contributed by atoms with Gasteiger partial charge in [-0.1, -0.05) is 24.3 Å². The van der Waals surface area contributed by atoms with E-state index < -0.39 is 0 Å². The van der Waals surface area contributed by atoms with Crippen LogP contribution >= 0.6 is 45.2 Å². The normalized spacial score (nSPS) is 22.4. The number of hydrogen-bond acceptors (Lipinski definition) is 7. The van der Waals surface area contributed by atoms with Crippen molar-refractivity contribution < 1.29 is 33.2 Å². The molecule has 0 N–H and O–H groups in total. The van der Waals surface area contributed by atoms with Crippen LogP contribution < -0.4 is 18.9 Å². The van der Waals surface area contributed by atoms with Crippen LogP contribution in [0, 0.1) is 7.14 Å². The summed E-state index contributed by atoms with van der Waals surface area (Å²) < 4.78 is 43.2. The monoisotopic (exact) mass is 826 g/mol. The second-order valence-corrected chi connectivity index (χ2v) is 14.2. The molecule has 4 aliphatic heterocycles. The van der Waals surface area contributed by atoms with Crippen LogP contribution in [0.15, 0.2) is 72.8 Å². The van der Waals surface area contributed by atoms with Crippen molar-refractivity contribution in [3.8, 4) is 28.7 Å². The first-order valence-electron chi connectivity index (χ1n) is 15.1. The van der Waals surface area contributed by atoms with Gasteiger partial charge in [-0.25, -0.2) is 0 Å². The van der Waals surface area contributed by atoms with E-state index in [2.05, 4.69) is 118 Å². The summed E-state index contributed by atoms with van der Waals surface area (Å²) in [5.74, 6) is 4.22. The van der Waals surface area contributed by atoms with Gasteiger partial charge in [0.05, 0.1) is 27.0 Å². The lowest BCUT2D eigenvalue weighted by Gasteiger charge is -2.31. The number of rotatable bonds is 10. The van der Waals surface area contributed by atoms with Crippen molar-refractivity contribution in [2.45, 2.75) is 24.2 Å². The number of epoxide rings is 3. The Morgan fingerprint density at radius 3 is 1.51 bits per heavy atom. The van der Waals surface area contributed by atoms with Crippen molar-refractivity contribution in [3.63, 3.8) is 0 Å². The van der Waals surface area contributed by atoms with Gasteiger partial charge in [0.15, 0.2) is 0 Å². The summed E-state index contributed by atoms with van der Waals surface area (Å²) >= 11 is 4.80. The molecule has 3 unspecified atom stereocenters. The van der Waals surface area contributed by atoms with E-state index in [0.717, 1.165) is 88.4 Å². The maximum absolute atomic E-state index is 6.70. The van der Waals surface area contributed by atoms with E-state index in [4.69, 9.17) is 33.2 Å². The Hall–Kier alpha value is -2.84. The Kier molecular flexibility index (Phi) is 7.22. The molecule has 3 saturated heterocycles. The predicted octanol–water partition coefficient (Wildman–Crippen LogP) is 7.82. The summed E-state index contributed by atoms with van der Waals surface area (Å²) in [6.45, 7) is 4.01. The topological polar surface area (TPSA) is 74.5 Å². The van der Waals surface area contributed by atoms with Crippen molar-refractivity contribution in [2.75, 3.05) is 39.6 Å². The third-order valence-corrected chi connectivity index (χ3v) is 10.2. The van der Waals surface area contributed by atoms with Crippen LogP contribution in [0.3, 0.4) is 0 Å². The van der Waals surface area contributed by atoms with E-state index in [1.807, 2.05) is 0 Å². The SMILES string of the molecule is Ic1cc(C2c3c(ccc4cc(OCC5CO5)ccc34)Oc3ccc4cc(OCC5CO5)ccc4c32)cc(I)c1OCC1CO1. The van der Waals surface area contributed by atoms with Gasteiger partial charge in [0.1, 0.15) is 66.9 Å². The minimum Gasteiger partial charge on any atom is -0.491 e. The number of fused-ring (bicyclic) bond motifs is 6. The summed E-state index contributed by atoms with van der Waals surface area (Å²) in [4.78, 5) is 0. The third kappa shape index (κ3) is 5.71. The maximum atomic E-state index is 6.70. The molecule has 0 saturated carbocycles. The molecule has 9 rings (SSSR count). The molecule has 0 amide bonds. The van der Waals surface area contributed by atoms with E-state index in [0.29, 0.717) is 19.8 Å². The highest BCUT2D eigenvalue weighted by atomic mass is 127. The molecule has 5 aromatic carbocycles. The summed E-state index contributed by atoms with van der Waals surface area (Å²) in [6, 6.07) is 25.6. The Morgan fingerprint density at radius 2 is 1.04 bits per heavy atom. The lowest BCUT2D eigenvalue weighted by molar-refractivity contribution is 0.260. The van der Waals surface area contributed by atoms with Crippen LogP contribution in [-0.2, 0) is 14.2 Å². The van der Waals surface area contributed by atoms with Gasteiger partial charge in [-0.3, -0.25) is 0 Å². The van der Waals surface area contributed by atoms with Crippen LogP contribution in [0.25, 0.3) is 21.5 Å². The van der Waals surface area contributed by atoms with Crippen molar-refractivity contribution >= 4 is 66.7 Å². The predicted molar refractivity (Wildman–Crippen MR) is 186 cm³/mol. The van der Waals surface area contributed by atoms with Crippen molar-refractivity contribution in [3.05, 3.63) is 96.6 Å². The number of halogens is 2. The molecule has 4 heterocycles. The quantitative estimate of drug-likeness (QED) is 0.103. The number of ether oxygens (including phenoxy) is 7. The van der Waals surface area contributed by atoms with E-state index in [1.165, 1.54) is 5.56 Å². The molecule has 5 aromatic rings. The zero-order chi connectivity index (χ0) is 30.1. The molecule has 9 heteroatoms. The minimum atomic E-state index is -0.0859. The van der Waals surface area contributed by atoms with E-state index in [1.54, 1.807) is 0 Å². The first-order valence-corrected chi connectivity index (χ1v) is 17.3. The Labute approximate surface area is 287 Å². The molecule has 0 spiro atoms. The van der Waals surface area contributed by atoms with Gasteiger partial charge in [0.2, 0.25) is 0 Å². The fourth-order valence-corrected chi connectivity index (χ4v) is 8.23. The Morgan fingerprint density at radius 1 is 0.578 bits per heavy atom. The van der Waals surface area contributed by atoms with Gasteiger partial charge < -0.3 is 33.2 Å². The average Bonchev–Trinajstić information content (AvgIpc) is 3.90. The zero-order valence-corrected chi connectivity index (χ0v) is 28.4. The third-order valence-electron chi connectivity index (χ3n) is 8.63. The molecule has 45 heavy (non-hydrogen) atoms. The molecule has 228 valence electrons. The minimum absolute atomic E-state index is 0.0859. The summed E-state index contributed by atoms with van der Waals surface area (Å²) in [5.41, 5.74) is 3.46. The van der Waals surface area contributed by atoms with Crippen molar-refractivity contribution in [1.29, 1.82) is 0 Å². The van der Waals surface area contributed by atoms with E-state index in [9.17, 15) is 0 Å². The number of benzene rings is 5. The van der Waals surface area contributed by atoms with Crippen molar-refractivity contribution in [1.82, 2.24) is 0 Å². The summed E-state index contributed by atoms with van der Waals surface area (Å²) in [7, 11) is 0. The van der Waals surface area contributed by atoms with E-state index >= 15 is 0 Å². The molecule has 0 aliphatic carbocycles. The fraction of sp³-hybridized carbons (Fsp3) is 0.278. The molecule has 3 atom stereocenters. The molecule has 3 fully saturated rings. The van der Waals surface area contributed by atoms with Crippen LogP contribution in [0.2, 0.25) is 0 Å². The van der Waals surface area contributed by atoms with E-state index in [-0.39, 0.29) is 24.2 Å². The van der Waals surface area contributed by atoms with Crippen LogP contribution in [0.1, 0.15) is 22.6 Å². The highest BCUT2D eigenvalue weighted by molar-refractivity contribution is 14.1. The first-order chi connectivity index (χ1) is 22.1. The molecule has 4 aliphatic rings. The first kappa shape index (κ1) is 28.4. The zero-order valence-electron chi connectivity index (χ0n) is 24.1. The molecule has 0 aromatic heterocycles. The second kappa shape index (κ2) is 11.4. The Bertz CT molecular complexity index is 1840. The molecule has 0 bridgehead atoms. The summed E-state index contributed by atoms with van der Waals surface area (Å²) in [6.07, 6.45) is 0.599. The lowest BCUT2D eigenvalue weighted by Crippen LogP contribution is -2.14. The van der Waals surface area contributed by atoms with Gasteiger partial charge in [0.25, 0.3) is 0 Å². The second-order valence-electron chi connectivity index (χ2n) is 11.9. The fourth-order valence-electron chi connectivity index (χ4n) is 6.10. The Balaban J connectivity index is 1.19. The molecule has 7 nitrogen and oxygen atoms in total. The highest BCUT2D eigenvalue weighted by Gasteiger charge is 2.34. The van der Waals surface area contributed by atoms with Gasteiger partial charge in [-0.2, -0.15) is 0 Å². The highest BCUT2D eigenvalue weighted by Crippen LogP contribution is 2.53. The summed E-state index contributed by atoms with van der Waals surface area (Å²) in [5, 5.41) is 4.48. The largest absolute Gasteiger partial charge is 0.491 e. The van der Waals surface area contributed by atoms with Gasteiger partial charge in [0, 0.05) is 17.0 Å². The van der Waals surface area contributed by atoms with Gasteiger partial charge in [-0.05, 0) is 121 Å². The van der Waals surface area contributed by atoms with Crippen molar-refractivity contribution in [2.24, 2.45) is 0 Å². The average molecular weight is 826 g/mol. The van der Waals surface area contributed by atoms with Crippen LogP contribution in [-0.4, -0.2) is 58.0 Å². The molecule has 0 radical (unpaired) electrons. The smallest absolute Gasteiger partial charge is 0.146 e.